The highest BCUT2D eigenvalue weighted by Crippen LogP contribution is 2.20. The van der Waals surface area contributed by atoms with Crippen LogP contribution in [0.25, 0.3) is 0 Å². The van der Waals surface area contributed by atoms with Gasteiger partial charge in [-0.25, -0.2) is 4.98 Å². The molecule has 2 aromatic heterocycles. The van der Waals surface area contributed by atoms with Gasteiger partial charge in [0, 0.05) is 24.4 Å². The highest BCUT2D eigenvalue weighted by Gasteiger charge is 2.05. The molecule has 0 aromatic carbocycles. The third-order valence-electron chi connectivity index (χ3n) is 2.06. The molecule has 0 unspecified atom stereocenters. The number of nitrogens with one attached hydrogen (secondary N) is 2. The molecule has 0 spiro atoms. The minimum atomic E-state index is 0.486. The van der Waals surface area contributed by atoms with Crippen LogP contribution in [0.1, 0.15) is 18.4 Å². The van der Waals surface area contributed by atoms with Crippen LogP contribution >= 0.6 is 0 Å². The smallest absolute Gasteiger partial charge is 0.240 e. The molecule has 0 radical (unpaired) electrons. The van der Waals surface area contributed by atoms with Gasteiger partial charge in [0.25, 0.3) is 0 Å². The van der Waals surface area contributed by atoms with Gasteiger partial charge in [0.15, 0.2) is 0 Å². The first-order valence-corrected chi connectivity index (χ1v) is 5.47. The number of hydrogen-bond acceptors (Lipinski definition) is 5. The van der Waals surface area contributed by atoms with Crippen molar-refractivity contribution in [1.82, 2.24) is 20.2 Å². The molecule has 2 aromatic rings. The van der Waals surface area contributed by atoms with Crippen LogP contribution < -0.4 is 10.1 Å². The largest absolute Gasteiger partial charge is 0.419 e. The van der Waals surface area contributed by atoms with E-state index in [0.29, 0.717) is 17.6 Å². The Morgan fingerprint density at radius 3 is 2.71 bits per heavy atom. The molecule has 6 nitrogen and oxygen atoms in total. The van der Waals surface area contributed by atoms with E-state index in [1.54, 1.807) is 6.07 Å². The molecular formula is C11H15N5O. The fraction of sp³-hybridized carbons (Fsp3) is 0.364. The van der Waals surface area contributed by atoms with Crippen molar-refractivity contribution in [2.75, 3.05) is 11.9 Å². The van der Waals surface area contributed by atoms with Crippen molar-refractivity contribution >= 4 is 5.82 Å². The summed E-state index contributed by atoms with van der Waals surface area (Å²) < 4.78 is 5.53. The second kappa shape index (κ2) is 4.82. The molecule has 0 atom stereocenters. The minimum Gasteiger partial charge on any atom is -0.419 e. The van der Waals surface area contributed by atoms with Crippen molar-refractivity contribution in [3.05, 3.63) is 23.7 Å². The maximum absolute atomic E-state index is 5.53. The van der Waals surface area contributed by atoms with E-state index in [0.717, 1.165) is 18.1 Å². The summed E-state index contributed by atoms with van der Waals surface area (Å²) in [4.78, 5) is 8.43. The fourth-order valence-electron chi connectivity index (χ4n) is 1.42. The quantitative estimate of drug-likeness (QED) is 0.845. The summed E-state index contributed by atoms with van der Waals surface area (Å²) in [7, 11) is 0. The van der Waals surface area contributed by atoms with Crippen LogP contribution in [0.5, 0.6) is 11.8 Å². The average molecular weight is 233 g/mol. The zero-order chi connectivity index (χ0) is 12.3. The number of H-pyrrole nitrogens is 1. The molecule has 2 rings (SSSR count). The highest BCUT2D eigenvalue weighted by atomic mass is 16.5. The molecule has 0 aliphatic rings. The normalized spacial score (nSPS) is 10.3. The van der Waals surface area contributed by atoms with Crippen molar-refractivity contribution in [2.45, 2.75) is 20.8 Å². The fourth-order valence-corrected chi connectivity index (χ4v) is 1.42. The number of aromatic amines is 1. The lowest BCUT2D eigenvalue weighted by Crippen LogP contribution is -2.02. The molecule has 17 heavy (non-hydrogen) atoms. The predicted octanol–water partition coefficient (Wildman–Crippen LogP) is 2.04. The lowest BCUT2D eigenvalue weighted by atomic mass is 10.5. The van der Waals surface area contributed by atoms with Gasteiger partial charge in [0.1, 0.15) is 11.6 Å². The van der Waals surface area contributed by atoms with Crippen molar-refractivity contribution < 1.29 is 4.74 Å². The third-order valence-corrected chi connectivity index (χ3v) is 2.06. The number of aryl methyl sites for hydroxylation is 2. The number of ether oxygens (including phenoxy) is 1. The third kappa shape index (κ3) is 2.93. The lowest BCUT2D eigenvalue weighted by Gasteiger charge is -2.06. The topological polar surface area (TPSA) is 75.7 Å². The molecule has 0 saturated carbocycles. The monoisotopic (exact) mass is 233 g/mol. The molecular weight excluding hydrogens is 218 g/mol. The Morgan fingerprint density at radius 2 is 2.06 bits per heavy atom. The van der Waals surface area contributed by atoms with Crippen LogP contribution in [0.4, 0.5) is 5.82 Å². The molecule has 0 saturated heterocycles. The first-order chi connectivity index (χ1) is 8.17. The number of anilines is 1. The van der Waals surface area contributed by atoms with Crippen LogP contribution in [0, 0.1) is 13.8 Å². The Hall–Kier alpha value is -2.11. The van der Waals surface area contributed by atoms with Gasteiger partial charge < -0.3 is 10.1 Å². The zero-order valence-electron chi connectivity index (χ0n) is 10.1. The Bertz CT molecular complexity index is 508. The summed E-state index contributed by atoms with van der Waals surface area (Å²) in [5.41, 5.74) is 0.942. The van der Waals surface area contributed by atoms with Gasteiger partial charge in [-0.15, -0.1) is 5.10 Å². The van der Waals surface area contributed by atoms with E-state index < -0.39 is 0 Å². The van der Waals surface area contributed by atoms with Crippen LogP contribution in [-0.4, -0.2) is 26.7 Å². The van der Waals surface area contributed by atoms with E-state index in [1.165, 1.54) is 0 Å². The molecule has 0 bridgehead atoms. The van der Waals surface area contributed by atoms with Crippen molar-refractivity contribution in [3.63, 3.8) is 0 Å². The Balaban J connectivity index is 2.20. The molecule has 90 valence electrons. The SMILES string of the molecule is CCNc1cc(Oc2cc(C)[nH]n2)nc(C)n1. The Morgan fingerprint density at radius 1 is 1.24 bits per heavy atom. The van der Waals surface area contributed by atoms with E-state index in [1.807, 2.05) is 26.8 Å². The summed E-state index contributed by atoms with van der Waals surface area (Å²) in [6, 6.07) is 3.56. The second-order valence-electron chi connectivity index (χ2n) is 3.66. The molecule has 0 fully saturated rings. The molecule has 2 N–H and O–H groups in total. The van der Waals surface area contributed by atoms with Crippen LogP contribution in [0.15, 0.2) is 12.1 Å². The molecule has 0 amide bonds. The van der Waals surface area contributed by atoms with Gasteiger partial charge >= 0.3 is 0 Å². The van der Waals surface area contributed by atoms with Gasteiger partial charge in [-0.05, 0) is 20.8 Å². The number of aromatic nitrogens is 4. The van der Waals surface area contributed by atoms with Gasteiger partial charge in [-0.3, -0.25) is 5.10 Å². The van der Waals surface area contributed by atoms with Crippen molar-refractivity contribution in [1.29, 1.82) is 0 Å². The first-order valence-electron chi connectivity index (χ1n) is 5.47. The maximum atomic E-state index is 5.53. The van der Waals surface area contributed by atoms with Gasteiger partial charge in [-0.2, -0.15) is 4.98 Å². The van der Waals surface area contributed by atoms with Gasteiger partial charge in [0.2, 0.25) is 11.8 Å². The summed E-state index contributed by atoms with van der Waals surface area (Å²) in [6.45, 7) is 6.55. The maximum Gasteiger partial charge on any atom is 0.240 e. The number of hydrogen-bond donors (Lipinski definition) is 2. The number of rotatable bonds is 4. The van der Waals surface area contributed by atoms with Crippen molar-refractivity contribution in [2.24, 2.45) is 0 Å². The van der Waals surface area contributed by atoms with E-state index >= 15 is 0 Å². The average Bonchev–Trinajstić information content (AvgIpc) is 2.63. The van der Waals surface area contributed by atoms with E-state index in [4.69, 9.17) is 4.74 Å². The second-order valence-corrected chi connectivity index (χ2v) is 3.66. The minimum absolute atomic E-state index is 0.486. The first kappa shape index (κ1) is 11.4. The van der Waals surface area contributed by atoms with Crippen LogP contribution in [0.2, 0.25) is 0 Å². The standard InChI is InChI=1S/C11H15N5O/c1-4-12-9-6-10(14-8(3)13-9)17-11-5-7(2)15-16-11/h5-6H,4H2,1-3H3,(H,15,16)(H,12,13,14). The Kier molecular flexibility index (Phi) is 3.22. The van der Waals surface area contributed by atoms with Gasteiger partial charge in [-0.1, -0.05) is 0 Å². The van der Waals surface area contributed by atoms with Crippen molar-refractivity contribution in [3.8, 4) is 11.8 Å². The summed E-state index contributed by atoms with van der Waals surface area (Å²) >= 11 is 0. The molecule has 2 heterocycles. The predicted molar refractivity (Wildman–Crippen MR) is 64.3 cm³/mol. The lowest BCUT2D eigenvalue weighted by molar-refractivity contribution is 0.441. The number of nitrogens with zero attached hydrogens (tertiary/aromatic N) is 3. The molecule has 0 aliphatic carbocycles. The summed E-state index contributed by atoms with van der Waals surface area (Å²) in [5.74, 6) is 2.40. The van der Waals surface area contributed by atoms with Crippen LogP contribution in [0.3, 0.4) is 0 Å². The van der Waals surface area contributed by atoms with E-state index in [-0.39, 0.29) is 0 Å². The molecule has 6 heteroatoms. The Labute approximate surface area is 99.4 Å². The highest BCUT2D eigenvalue weighted by molar-refractivity contribution is 5.39. The van der Waals surface area contributed by atoms with E-state index in [2.05, 4.69) is 25.5 Å². The molecule has 0 aliphatic heterocycles. The van der Waals surface area contributed by atoms with E-state index in [9.17, 15) is 0 Å². The summed E-state index contributed by atoms with van der Waals surface area (Å²) in [5, 5.41) is 9.92. The van der Waals surface area contributed by atoms with Gasteiger partial charge in [0.05, 0.1) is 0 Å². The summed E-state index contributed by atoms with van der Waals surface area (Å²) in [6.07, 6.45) is 0. The zero-order valence-corrected chi connectivity index (χ0v) is 10.1. The van der Waals surface area contributed by atoms with Crippen LogP contribution in [-0.2, 0) is 0 Å².